The standard InChI is InChI=1S/C39H48O7.C5H11NO2/c1-6-13-28-35(46-36(42)26-16-11-8-12-17-26)34-24(2)31(45-33(41)19-18-25-14-9-7-10-15-25)22-39(43,37(34,3)4)21-29-27-23-44-30(27)20-32(40)38(28,29)5;1-5(2,3)8-4(6)7/h7-17,27,29-32,35,40,43H,6,18-23H2,1-5H3;1-3H3,(H2,6,7)/b28-13+;/t27?,29?,30?,31-,32?,35?,38?,39?;/m0./s1. The third-order valence-electron chi connectivity index (χ3n) is 12.2. The van der Waals surface area contributed by atoms with Gasteiger partial charge in [-0.15, -0.1) is 0 Å². The van der Waals surface area contributed by atoms with Crippen molar-refractivity contribution in [3.05, 3.63) is 94.6 Å². The van der Waals surface area contributed by atoms with E-state index in [0.29, 0.717) is 37.9 Å². The van der Waals surface area contributed by atoms with E-state index in [-0.39, 0.29) is 36.8 Å². The summed E-state index contributed by atoms with van der Waals surface area (Å²) < 4.78 is 23.3. The predicted octanol–water partition coefficient (Wildman–Crippen LogP) is 7.26. The van der Waals surface area contributed by atoms with Gasteiger partial charge < -0.3 is 34.9 Å². The van der Waals surface area contributed by atoms with Crippen LogP contribution in [0.25, 0.3) is 0 Å². The van der Waals surface area contributed by atoms with Crippen LogP contribution in [-0.4, -0.2) is 70.5 Å². The van der Waals surface area contributed by atoms with Gasteiger partial charge >= 0.3 is 18.0 Å². The Morgan fingerprint density at radius 2 is 1.61 bits per heavy atom. The zero-order chi connectivity index (χ0) is 39.6. The summed E-state index contributed by atoms with van der Waals surface area (Å²) in [5.41, 5.74) is 5.17. The average Bonchev–Trinajstić information content (AvgIpc) is 3.08. The normalized spacial score (nSPS) is 31.9. The highest BCUT2D eigenvalue weighted by molar-refractivity contribution is 5.89. The van der Waals surface area contributed by atoms with Crippen LogP contribution in [-0.2, 0) is 30.2 Å². The Bertz CT molecular complexity index is 1730. The van der Waals surface area contributed by atoms with Gasteiger partial charge in [-0.3, -0.25) is 4.79 Å². The first-order valence-electron chi connectivity index (χ1n) is 19.2. The SMILES string of the molecule is CC(C)(C)OC(N)=O.CC/C=C1\C(OC(=O)c2ccccc2)C2=C(C)[C@@H](OC(=O)CCc3ccccc3)CC(O)(CC3C4COC4CC(O)C13C)C2(C)C. The maximum atomic E-state index is 13.9. The number of primary amides is 1. The third kappa shape index (κ3) is 8.31. The van der Waals surface area contributed by atoms with Crippen molar-refractivity contribution in [3.63, 3.8) is 0 Å². The molecule has 54 heavy (non-hydrogen) atoms. The lowest BCUT2D eigenvalue weighted by molar-refractivity contribution is -0.239. The van der Waals surface area contributed by atoms with Gasteiger partial charge in [-0.1, -0.05) is 82.3 Å². The van der Waals surface area contributed by atoms with Gasteiger partial charge in [0.15, 0.2) is 0 Å². The molecule has 10 heteroatoms. The Morgan fingerprint density at radius 1 is 0.981 bits per heavy atom. The summed E-state index contributed by atoms with van der Waals surface area (Å²) in [5, 5.41) is 24.8. The van der Waals surface area contributed by atoms with E-state index >= 15 is 0 Å². The smallest absolute Gasteiger partial charge is 0.405 e. The topological polar surface area (TPSA) is 155 Å². The number of carbonyl (C=O) groups excluding carboxylic acids is 3. The van der Waals surface area contributed by atoms with Crippen LogP contribution in [0.3, 0.4) is 0 Å². The Kier molecular flexibility index (Phi) is 12.2. The summed E-state index contributed by atoms with van der Waals surface area (Å²) in [7, 11) is 0. The molecule has 6 rings (SSSR count). The monoisotopic (exact) mass is 745 g/mol. The van der Waals surface area contributed by atoms with Crippen molar-refractivity contribution in [2.45, 2.75) is 130 Å². The zero-order valence-corrected chi connectivity index (χ0v) is 33.1. The number of fused-ring (bicyclic) bond motifs is 5. The van der Waals surface area contributed by atoms with Gasteiger partial charge in [0.05, 0.1) is 30.0 Å². The predicted molar refractivity (Wildman–Crippen MR) is 205 cm³/mol. The summed E-state index contributed by atoms with van der Waals surface area (Å²) >= 11 is 0. The fourth-order valence-corrected chi connectivity index (χ4v) is 9.15. The Hall–Kier alpha value is -3.99. The van der Waals surface area contributed by atoms with Gasteiger partial charge in [0.25, 0.3) is 0 Å². The first-order valence-corrected chi connectivity index (χ1v) is 19.2. The molecule has 3 fully saturated rings. The number of hydrogen-bond acceptors (Lipinski definition) is 9. The Labute approximate surface area is 320 Å². The number of allylic oxidation sites excluding steroid dienone is 1. The van der Waals surface area contributed by atoms with Gasteiger partial charge in [0.1, 0.15) is 17.8 Å². The summed E-state index contributed by atoms with van der Waals surface area (Å²) in [4.78, 5) is 37.2. The van der Waals surface area contributed by atoms with Gasteiger partial charge in [-0.2, -0.15) is 0 Å². The second-order valence-corrected chi connectivity index (χ2v) is 17.1. The minimum absolute atomic E-state index is 0.0839. The highest BCUT2D eigenvalue weighted by atomic mass is 16.6. The molecule has 2 saturated carbocycles. The molecule has 0 aromatic heterocycles. The van der Waals surface area contributed by atoms with E-state index in [0.717, 1.165) is 22.3 Å². The quantitative estimate of drug-likeness (QED) is 0.151. The molecule has 4 N–H and O–H groups in total. The number of carbonyl (C=O) groups is 3. The van der Waals surface area contributed by atoms with Crippen molar-refractivity contribution in [3.8, 4) is 0 Å². The molecule has 2 aromatic carbocycles. The van der Waals surface area contributed by atoms with Crippen molar-refractivity contribution in [2.24, 2.45) is 28.4 Å². The van der Waals surface area contributed by atoms with Gasteiger partial charge in [0, 0.05) is 36.0 Å². The van der Waals surface area contributed by atoms with Crippen LogP contribution in [0, 0.1) is 22.7 Å². The molecule has 10 nitrogen and oxygen atoms in total. The zero-order valence-electron chi connectivity index (χ0n) is 33.1. The van der Waals surface area contributed by atoms with Crippen molar-refractivity contribution in [2.75, 3.05) is 6.61 Å². The second kappa shape index (κ2) is 16.0. The number of nitrogens with two attached hydrogens (primary N) is 1. The minimum atomic E-state index is -1.31. The van der Waals surface area contributed by atoms with E-state index in [1.54, 1.807) is 45.0 Å². The number of hydrogen-bond donors (Lipinski definition) is 3. The summed E-state index contributed by atoms with van der Waals surface area (Å²) in [6.07, 6.45) is 1.52. The molecule has 1 aliphatic heterocycles. The molecule has 4 aliphatic rings. The minimum Gasteiger partial charge on any atom is -0.458 e. The summed E-state index contributed by atoms with van der Waals surface area (Å²) in [6.45, 7) is 15.9. The van der Waals surface area contributed by atoms with Crippen LogP contribution >= 0.6 is 0 Å². The van der Waals surface area contributed by atoms with Crippen LogP contribution in [0.2, 0.25) is 0 Å². The van der Waals surface area contributed by atoms with Crippen molar-refractivity contribution >= 4 is 18.0 Å². The Morgan fingerprint density at radius 3 is 2.15 bits per heavy atom. The van der Waals surface area contributed by atoms with E-state index < -0.39 is 52.4 Å². The molecule has 0 spiro atoms. The third-order valence-corrected chi connectivity index (χ3v) is 12.2. The van der Waals surface area contributed by atoms with Crippen molar-refractivity contribution in [1.82, 2.24) is 0 Å². The van der Waals surface area contributed by atoms with E-state index in [4.69, 9.17) is 19.9 Å². The molecule has 294 valence electrons. The fraction of sp³-hybridized carbons (Fsp3) is 0.568. The molecule has 8 atom stereocenters. The summed E-state index contributed by atoms with van der Waals surface area (Å²) in [6, 6.07) is 18.7. The molecular weight excluding hydrogens is 686 g/mol. The van der Waals surface area contributed by atoms with E-state index in [2.05, 4.69) is 17.7 Å². The number of aliphatic hydroxyl groups excluding tert-OH is 1. The van der Waals surface area contributed by atoms with E-state index in [1.165, 1.54) is 0 Å². The molecule has 7 unspecified atom stereocenters. The van der Waals surface area contributed by atoms with E-state index in [9.17, 15) is 24.6 Å². The number of rotatable bonds is 7. The molecule has 0 radical (unpaired) electrons. The maximum absolute atomic E-state index is 13.9. The number of esters is 2. The number of aryl methyl sites for hydroxylation is 1. The first kappa shape index (κ1) is 41.2. The van der Waals surface area contributed by atoms with E-state index in [1.807, 2.05) is 64.1 Å². The number of ether oxygens (including phenoxy) is 4. The van der Waals surface area contributed by atoms with Crippen LogP contribution in [0.4, 0.5) is 4.79 Å². The molecule has 3 aliphatic carbocycles. The van der Waals surface area contributed by atoms with Crippen molar-refractivity contribution < 1.29 is 43.5 Å². The number of benzene rings is 2. The molecule has 1 heterocycles. The summed E-state index contributed by atoms with van der Waals surface area (Å²) in [5.74, 6) is -0.826. The molecule has 1 saturated heterocycles. The number of aliphatic hydroxyl groups is 2. The van der Waals surface area contributed by atoms with Crippen LogP contribution in [0.15, 0.2) is 83.5 Å². The highest BCUT2D eigenvalue weighted by Crippen LogP contribution is 2.64. The van der Waals surface area contributed by atoms with Crippen LogP contribution in [0.5, 0.6) is 0 Å². The number of amides is 1. The fourth-order valence-electron chi connectivity index (χ4n) is 9.15. The van der Waals surface area contributed by atoms with Crippen LogP contribution < -0.4 is 5.73 Å². The van der Waals surface area contributed by atoms with Gasteiger partial charge in [0.2, 0.25) is 0 Å². The molecular formula is C44H59NO9. The molecule has 2 bridgehead atoms. The van der Waals surface area contributed by atoms with Crippen LogP contribution in [0.1, 0.15) is 103 Å². The molecule has 2 aromatic rings. The lowest BCUT2D eigenvalue weighted by atomic mass is 9.46. The van der Waals surface area contributed by atoms with Gasteiger partial charge in [-0.05, 0) is 87.3 Å². The lowest BCUT2D eigenvalue weighted by Crippen LogP contribution is -2.67. The Balaban J connectivity index is 0.000000631. The lowest BCUT2D eigenvalue weighted by Gasteiger charge is -2.64. The largest absolute Gasteiger partial charge is 0.458 e. The first-order chi connectivity index (χ1) is 25.3. The highest BCUT2D eigenvalue weighted by Gasteiger charge is 2.66. The second-order valence-electron chi connectivity index (χ2n) is 17.1. The van der Waals surface area contributed by atoms with Gasteiger partial charge in [-0.25, -0.2) is 9.59 Å². The maximum Gasteiger partial charge on any atom is 0.405 e. The molecule has 1 amide bonds. The average molecular weight is 746 g/mol. The van der Waals surface area contributed by atoms with Crippen molar-refractivity contribution in [1.29, 1.82) is 0 Å².